The van der Waals surface area contributed by atoms with Crippen molar-refractivity contribution >= 4 is 17.5 Å². The second-order valence-corrected chi connectivity index (χ2v) is 4.07. The smallest absolute Gasteiger partial charge is 0.411 e. The molecule has 3 N–H and O–H groups in total. The number of nitrogens with one attached hydrogen (secondary N) is 1. The maximum Gasteiger partial charge on any atom is 0.411 e. The number of benzene rings is 1. The Bertz CT molecular complexity index is 351. The van der Waals surface area contributed by atoms with E-state index in [1.165, 1.54) is 0 Å². The lowest BCUT2D eigenvalue weighted by Gasteiger charge is -2.08. The van der Waals surface area contributed by atoms with Gasteiger partial charge in [-0.25, -0.2) is 4.79 Å². The van der Waals surface area contributed by atoms with E-state index in [9.17, 15) is 4.79 Å². The van der Waals surface area contributed by atoms with Crippen molar-refractivity contribution in [2.75, 3.05) is 17.7 Å². The van der Waals surface area contributed by atoms with Crippen LogP contribution in [0, 0.1) is 5.92 Å². The number of carbonyl (C=O) groups is 1. The molecule has 4 nitrogen and oxygen atoms in total. The molecule has 4 heteroatoms. The summed E-state index contributed by atoms with van der Waals surface area (Å²) in [7, 11) is 0. The highest BCUT2D eigenvalue weighted by molar-refractivity contribution is 5.85. The summed E-state index contributed by atoms with van der Waals surface area (Å²) in [5.74, 6) is 0.528. The maximum absolute atomic E-state index is 11.3. The molecule has 1 amide bonds. The lowest BCUT2D eigenvalue weighted by Crippen LogP contribution is -2.15. The van der Waals surface area contributed by atoms with E-state index < -0.39 is 6.09 Å². The highest BCUT2D eigenvalue weighted by Crippen LogP contribution is 2.12. The molecule has 0 atom stereocenters. The van der Waals surface area contributed by atoms with Crippen LogP contribution in [0.2, 0.25) is 0 Å². The van der Waals surface area contributed by atoms with Crippen LogP contribution in [0.25, 0.3) is 0 Å². The third-order valence-electron chi connectivity index (χ3n) is 2.06. The molecule has 1 rings (SSSR count). The summed E-state index contributed by atoms with van der Waals surface area (Å²) in [5, 5.41) is 2.62. The zero-order chi connectivity index (χ0) is 12.0. The van der Waals surface area contributed by atoms with Gasteiger partial charge in [0.25, 0.3) is 0 Å². The number of anilines is 2. The number of ether oxygens (including phenoxy) is 1. The molecular formula is C12H18N2O2. The van der Waals surface area contributed by atoms with Crippen LogP contribution in [-0.2, 0) is 4.74 Å². The molecule has 1 aromatic rings. The normalized spacial score (nSPS) is 10.2. The molecule has 0 saturated heterocycles. The van der Waals surface area contributed by atoms with E-state index in [-0.39, 0.29) is 0 Å². The molecule has 0 radical (unpaired) electrons. The lowest BCUT2D eigenvalue weighted by atomic mass is 10.1. The molecule has 0 unspecified atom stereocenters. The minimum absolute atomic E-state index is 0.436. The van der Waals surface area contributed by atoms with Gasteiger partial charge in [0, 0.05) is 11.4 Å². The van der Waals surface area contributed by atoms with Crippen molar-refractivity contribution in [1.29, 1.82) is 0 Å². The largest absolute Gasteiger partial charge is 0.449 e. The van der Waals surface area contributed by atoms with E-state index in [0.29, 0.717) is 23.9 Å². The molecule has 0 aliphatic rings. The molecule has 0 heterocycles. The van der Waals surface area contributed by atoms with Crippen LogP contribution < -0.4 is 11.1 Å². The second kappa shape index (κ2) is 6.00. The van der Waals surface area contributed by atoms with Crippen LogP contribution in [0.15, 0.2) is 24.3 Å². The first kappa shape index (κ1) is 12.4. The van der Waals surface area contributed by atoms with Gasteiger partial charge >= 0.3 is 6.09 Å². The molecule has 88 valence electrons. The van der Waals surface area contributed by atoms with E-state index in [2.05, 4.69) is 19.2 Å². The van der Waals surface area contributed by atoms with Crippen LogP contribution in [-0.4, -0.2) is 12.7 Å². The average molecular weight is 222 g/mol. The summed E-state index contributed by atoms with van der Waals surface area (Å²) in [6, 6.07) is 6.98. The van der Waals surface area contributed by atoms with Crippen molar-refractivity contribution in [2.24, 2.45) is 5.92 Å². The maximum atomic E-state index is 11.3. The average Bonchev–Trinajstić information content (AvgIpc) is 2.16. The van der Waals surface area contributed by atoms with Gasteiger partial charge in [-0.1, -0.05) is 19.9 Å². The van der Waals surface area contributed by atoms with Crippen molar-refractivity contribution in [3.63, 3.8) is 0 Å². The fraction of sp³-hybridized carbons (Fsp3) is 0.417. The lowest BCUT2D eigenvalue weighted by molar-refractivity contribution is 0.155. The van der Waals surface area contributed by atoms with Crippen LogP contribution in [0.4, 0.5) is 16.2 Å². The molecule has 0 bridgehead atoms. The van der Waals surface area contributed by atoms with E-state index in [4.69, 9.17) is 10.5 Å². The van der Waals surface area contributed by atoms with Crippen LogP contribution in [0.5, 0.6) is 0 Å². The highest BCUT2D eigenvalue weighted by atomic mass is 16.5. The molecule has 0 spiro atoms. The Morgan fingerprint density at radius 1 is 1.50 bits per heavy atom. The number of hydrogen-bond donors (Lipinski definition) is 2. The van der Waals surface area contributed by atoms with Crippen molar-refractivity contribution in [3.8, 4) is 0 Å². The van der Waals surface area contributed by atoms with Gasteiger partial charge < -0.3 is 10.5 Å². The number of carbonyl (C=O) groups excluding carboxylic acids is 1. The molecule has 16 heavy (non-hydrogen) atoms. The quantitative estimate of drug-likeness (QED) is 0.770. The fourth-order valence-corrected chi connectivity index (χ4v) is 1.16. The number of hydrogen-bond acceptors (Lipinski definition) is 3. The second-order valence-electron chi connectivity index (χ2n) is 4.07. The summed E-state index contributed by atoms with van der Waals surface area (Å²) in [6.07, 6.45) is 0.427. The van der Waals surface area contributed by atoms with Crippen molar-refractivity contribution in [2.45, 2.75) is 20.3 Å². The first-order valence-corrected chi connectivity index (χ1v) is 5.37. The Kier molecular flexibility index (Phi) is 4.64. The fourth-order valence-electron chi connectivity index (χ4n) is 1.16. The van der Waals surface area contributed by atoms with Crippen molar-refractivity contribution in [1.82, 2.24) is 0 Å². The Hall–Kier alpha value is -1.71. The molecule has 1 aromatic carbocycles. The minimum atomic E-state index is -0.439. The number of nitrogens with two attached hydrogens (primary N) is 1. The topological polar surface area (TPSA) is 64.3 Å². The number of rotatable bonds is 4. The van der Waals surface area contributed by atoms with Gasteiger partial charge in [-0.2, -0.15) is 0 Å². The molecule has 0 aliphatic carbocycles. The Labute approximate surface area is 95.8 Å². The van der Waals surface area contributed by atoms with E-state index in [1.807, 2.05) is 0 Å². The minimum Gasteiger partial charge on any atom is -0.449 e. The standard InChI is InChI=1S/C12H18N2O2/c1-9(2)6-7-16-12(15)14-11-5-3-4-10(13)8-11/h3-5,8-9H,6-7,13H2,1-2H3,(H,14,15). The zero-order valence-electron chi connectivity index (χ0n) is 9.69. The molecule has 0 aliphatic heterocycles. The van der Waals surface area contributed by atoms with Crippen molar-refractivity contribution in [3.05, 3.63) is 24.3 Å². The van der Waals surface area contributed by atoms with Crippen LogP contribution in [0.3, 0.4) is 0 Å². The first-order chi connectivity index (χ1) is 7.58. The third-order valence-corrected chi connectivity index (χ3v) is 2.06. The number of nitrogen functional groups attached to an aromatic ring is 1. The zero-order valence-corrected chi connectivity index (χ0v) is 9.69. The molecule has 0 fully saturated rings. The van der Waals surface area contributed by atoms with E-state index in [0.717, 1.165) is 6.42 Å². The summed E-state index contributed by atoms with van der Waals surface area (Å²) >= 11 is 0. The van der Waals surface area contributed by atoms with Crippen molar-refractivity contribution < 1.29 is 9.53 Å². The van der Waals surface area contributed by atoms with Gasteiger partial charge in [-0.05, 0) is 30.5 Å². The summed E-state index contributed by atoms with van der Waals surface area (Å²) < 4.78 is 5.01. The van der Waals surface area contributed by atoms with Gasteiger partial charge in [-0.3, -0.25) is 5.32 Å². The molecular weight excluding hydrogens is 204 g/mol. The summed E-state index contributed by atoms with van der Waals surface area (Å²) in [4.78, 5) is 11.3. The summed E-state index contributed by atoms with van der Waals surface area (Å²) in [5.41, 5.74) is 6.84. The van der Waals surface area contributed by atoms with Gasteiger partial charge in [0.1, 0.15) is 0 Å². The highest BCUT2D eigenvalue weighted by Gasteiger charge is 2.03. The van der Waals surface area contributed by atoms with E-state index >= 15 is 0 Å². The van der Waals surface area contributed by atoms with Gasteiger partial charge in [-0.15, -0.1) is 0 Å². The predicted molar refractivity (Wildman–Crippen MR) is 65.3 cm³/mol. The Morgan fingerprint density at radius 2 is 2.25 bits per heavy atom. The number of amides is 1. The van der Waals surface area contributed by atoms with Crippen LogP contribution in [0.1, 0.15) is 20.3 Å². The Balaban J connectivity index is 2.34. The van der Waals surface area contributed by atoms with Crippen LogP contribution >= 0.6 is 0 Å². The predicted octanol–water partition coefficient (Wildman–Crippen LogP) is 2.86. The van der Waals surface area contributed by atoms with Gasteiger partial charge in [0.15, 0.2) is 0 Å². The monoisotopic (exact) mass is 222 g/mol. The SMILES string of the molecule is CC(C)CCOC(=O)Nc1cccc(N)c1. The van der Waals surface area contributed by atoms with E-state index in [1.54, 1.807) is 24.3 Å². The molecule has 0 aromatic heterocycles. The summed E-state index contributed by atoms with van der Waals surface area (Å²) in [6.45, 7) is 4.60. The first-order valence-electron chi connectivity index (χ1n) is 5.37. The van der Waals surface area contributed by atoms with Gasteiger partial charge in [0.05, 0.1) is 6.61 Å². The third kappa shape index (κ3) is 4.68. The molecule has 0 saturated carbocycles. The van der Waals surface area contributed by atoms with Gasteiger partial charge in [0.2, 0.25) is 0 Å². The Morgan fingerprint density at radius 3 is 2.88 bits per heavy atom.